The summed E-state index contributed by atoms with van der Waals surface area (Å²) in [4.78, 5) is 19.1. The Morgan fingerprint density at radius 3 is 3.00 bits per heavy atom. The normalized spacial score (nSPS) is 19.5. The van der Waals surface area contributed by atoms with Crippen LogP contribution in [0.4, 0.5) is 0 Å². The highest BCUT2D eigenvalue weighted by Gasteiger charge is 2.16. The molecule has 0 bridgehead atoms. The number of pyridine rings is 2. The maximum absolute atomic E-state index is 12.2. The highest BCUT2D eigenvalue weighted by molar-refractivity contribution is 5.75. The second kappa shape index (κ2) is 6.48. The molecule has 3 heterocycles. The van der Waals surface area contributed by atoms with E-state index in [2.05, 4.69) is 16.8 Å². The zero-order chi connectivity index (χ0) is 15.5. The van der Waals surface area contributed by atoms with Crippen LogP contribution in [0.5, 0.6) is 5.75 Å². The minimum atomic E-state index is 0.0209. The molecule has 0 radical (unpaired) electrons. The van der Waals surface area contributed by atoms with E-state index in [0.717, 1.165) is 36.6 Å². The van der Waals surface area contributed by atoms with Gasteiger partial charge >= 0.3 is 0 Å². The number of methoxy groups -OCH3 is 1. The molecule has 0 amide bonds. The molecule has 1 fully saturated rings. The molecule has 5 nitrogen and oxygen atoms in total. The number of hydrogen-bond donors (Lipinski definition) is 0. The van der Waals surface area contributed by atoms with Crippen molar-refractivity contribution in [3.8, 4) is 5.75 Å². The summed E-state index contributed by atoms with van der Waals surface area (Å²) in [5.74, 6) is 1.43. The van der Waals surface area contributed by atoms with Crippen molar-refractivity contribution in [3.05, 3.63) is 34.7 Å². The summed E-state index contributed by atoms with van der Waals surface area (Å²) in [6, 6.07) is 5.26. The molecule has 118 valence electrons. The smallest absolute Gasteiger partial charge is 0.251 e. The largest absolute Gasteiger partial charge is 0.495 e. The lowest BCUT2D eigenvalue weighted by Gasteiger charge is -2.31. The van der Waals surface area contributed by atoms with Gasteiger partial charge < -0.3 is 14.2 Å². The lowest BCUT2D eigenvalue weighted by Crippen LogP contribution is -2.37. The van der Waals surface area contributed by atoms with E-state index in [9.17, 15) is 4.79 Å². The molecule has 0 aliphatic carbocycles. The summed E-state index contributed by atoms with van der Waals surface area (Å²) in [5.41, 5.74) is 1.69. The average molecular weight is 301 g/mol. The van der Waals surface area contributed by atoms with E-state index in [-0.39, 0.29) is 5.56 Å². The SMILES string of the molecule is COc1cnc2ccc(=O)n(CCN3CCCC(C)C3)c2c1. The van der Waals surface area contributed by atoms with Crippen molar-refractivity contribution < 1.29 is 4.74 Å². The Labute approximate surface area is 130 Å². The van der Waals surface area contributed by atoms with Crippen LogP contribution in [0, 0.1) is 5.92 Å². The van der Waals surface area contributed by atoms with Crippen molar-refractivity contribution in [1.29, 1.82) is 0 Å². The van der Waals surface area contributed by atoms with Crippen LogP contribution in [-0.2, 0) is 6.54 Å². The van der Waals surface area contributed by atoms with Crippen LogP contribution < -0.4 is 10.3 Å². The zero-order valence-electron chi connectivity index (χ0n) is 13.3. The first-order chi connectivity index (χ1) is 10.7. The van der Waals surface area contributed by atoms with Gasteiger partial charge in [0.1, 0.15) is 5.75 Å². The molecule has 0 N–H and O–H groups in total. The minimum absolute atomic E-state index is 0.0209. The number of fused-ring (bicyclic) bond motifs is 1. The second-order valence-corrected chi connectivity index (χ2v) is 6.15. The number of rotatable bonds is 4. The fourth-order valence-electron chi connectivity index (χ4n) is 3.22. The fraction of sp³-hybridized carbons (Fsp3) is 0.529. The average Bonchev–Trinajstić information content (AvgIpc) is 2.53. The number of piperidine rings is 1. The predicted octanol–water partition coefficient (Wildman–Crippen LogP) is 2.14. The van der Waals surface area contributed by atoms with E-state index < -0.39 is 0 Å². The van der Waals surface area contributed by atoms with Gasteiger partial charge in [0.15, 0.2) is 0 Å². The maximum atomic E-state index is 12.2. The Morgan fingerprint density at radius 1 is 1.36 bits per heavy atom. The van der Waals surface area contributed by atoms with Gasteiger partial charge in [-0.05, 0) is 31.4 Å². The standard InChI is InChI=1S/C17H23N3O2/c1-13-4-3-7-19(12-13)8-9-20-16-10-14(22-2)11-18-15(16)5-6-17(20)21/h5-6,10-11,13H,3-4,7-9,12H2,1-2H3. The Morgan fingerprint density at radius 2 is 2.23 bits per heavy atom. The molecule has 0 saturated carbocycles. The van der Waals surface area contributed by atoms with E-state index in [1.807, 2.05) is 10.6 Å². The van der Waals surface area contributed by atoms with Gasteiger partial charge in [0, 0.05) is 31.8 Å². The minimum Gasteiger partial charge on any atom is -0.495 e. The van der Waals surface area contributed by atoms with Crippen molar-refractivity contribution in [1.82, 2.24) is 14.5 Å². The van der Waals surface area contributed by atoms with Gasteiger partial charge in [-0.15, -0.1) is 0 Å². The van der Waals surface area contributed by atoms with Gasteiger partial charge in [-0.2, -0.15) is 0 Å². The molecule has 0 spiro atoms. The molecule has 1 atom stereocenters. The number of nitrogens with zero attached hydrogens (tertiary/aromatic N) is 3. The third-order valence-electron chi connectivity index (χ3n) is 4.43. The first-order valence-corrected chi connectivity index (χ1v) is 7.93. The summed E-state index contributed by atoms with van der Waals surface area (Å²) >= 11 is 0. The van der Waals surface area contributed by atoms with Crippen molar-refractivity contribution in [2.45, 2.75) is 26.3 Å². The molecule has 2 aromatic heterocycles. The predicted molar refractivity (Wildman–Crippen MR) is 87.4 cm³/mol. The Balaban J connectivity index is 1.85. The van der Waals surface area contributed by atoms with E-state index in [0.29, 0.717) is 12.3 Å². The maximum Gasteiger partial charge on any atom is 0.251 e. The summed E-state index contributed by atoms with van der Waals surface area (Å²) in [6.07, 6.45) is 4.25. The van der Waals surface area contributed by atoms with Crippen molar-refractivity contribution in [2.75, 3.05) is 26.7 Å². The highest BCUT2D eigenvalue weighted by atomic mass is 16.5. The Kier molecular flexibility index (Phi) is 4.43. The number of hydrogen-bond acceptors (Lipinski definition) is 4. The summed E-state index contributed by atoms with van der Waals surface area (Å²) in [7, 11) is 1.61. The van der Waals surface area contributed by atoms with Crippen LogP contribution in [0.25, 0.3) is 11.0 Å². The Bertz CT molecular complexity index is 711. The van der Waals surface area contributed by atoms with Gasteiger partial charge in [-0.3, -0.25) is 9.78 Å². The summed E-state index contributed by atoms with van der Waals surface area (Å²) < 4.78 is 7.05. The van der Waals surface area contributed by atoms with Gasteiger partial charge in [-0.1, -0.05) is 6.92 Å². The fourth-order valence-corrected chi connectivity index (χ4v) is 3.22. The molecule has 1 aliphatic rings. The van der Waals surface area contributed by atoms with Crippen LogP contribution in [0.1, 0.15) is 19.8 Å². The molecule has 1 saturated heterocycles. The number of aromatic nitrogens is 2. The second-order valence-electron chi connectivity index (χ2n) is 6.15. The lowest BCUT2D eigenvalue weighted by molar-refractivity contribution is 0.178. The highest BCUT2D eigenvalue weighted by Crippen LogP contribution is 2.18. The van der Waals surface area contributed by atoms with Crippen LogP contribution >= 0.6 is 0 Å². The number of likely N-dealkylation sites (tertiary alicyclic amines) is 1. The van der Waals surface area contributed by atoms with E-state index in [1.54, 1.807) is 25.4 Å². The van der Waals surface area contributed by atoms with Crippen LogP contribution in [0.15, 0.2) is 29.2 Å². The van der Waals surface area contributed by atoms with E-state index in [4.69, 9.17) is 4.74 Å². The first kappa shape index (κ1) is 15.0. The van der Waals surface area contributed by atoms with Crippen LogP contribution in [-0.4, -0.2) is 41.2 Å². The van der Waals surface area contributed by atoms with Gasteiger partial charge in [-0.25, -0.2) is 0 Å². The Hall–Kier alpha value is -1.88. The first-order valence-electron chi connectivity index (χ1n) is 7.93. The molecule has 1 aliphatic heterocycles. The molecular formula is C17H23N3O2. The summed E-state index contributed by atoms with van der Waals surface area (Å²) in [5, 5.41) is 0. The van der Waals surface area contributed by atoms with Gasteiger partial charge in [0.2, 0.25) is 0 Å². The molecule has 0 aromatic carbocycles. The third kappa shape index (κ3) is 3.14. The topological polar surface area (TPSA) is 47.4 Å². The molecular weight excluding hydrogens is 278 g/mol. The number of ether oxygens (including phenoxy) is 1. The zero-order valence-corrected chi connectivity index (χ0v) is 13.3. The molecule has 2 aromatic rings. The van der Waals surface area contributed by atoms with Crippen LogP contribution in [0.2, 0.25) is 0 Å². The van der Waals surface area contributed by atoms with E-state index >= 15 is 0 Å². The molecule has 1 unspecified atom stereocenters. The molecule has 22 heavy (non-hydrogen) atoms. The van der Waals surface area contributed by atoms with Crippen molar-refractivity contribution in [3.63, 3.8) is 0 Å². The van der Waals surface area contributed by atoms with Gasteiger partial charge in [0.05, 0.1) is 24.3 Å². The van der Waals surface area contributed by atoms with Crippen molar-refractivity contribution >= 4 is 11.0 Å². The van der Waals surface area contributed by atoms with E-state index in [1.165, 1.54) is 12.8 Å². The summed E-state index contributed by atoms with van der Waals surface area (Å²) in [6.45, 7) is 6.15. The lowest BCUT2D eigenvalue weighted by atomic mass is 10.0. The quantitative estimate of drug-likeness (QED) is 0.868. The van der Waals surface area contributed by atoms with Crippen LogP contribution in [0.3, 0.4) is 0 Å². The van der Waals surface area contributed by atoms with Gasteiger partial charge in [0.25, 0.3) is 5.56 Å². The van der Waals surface area contributed by atoms with Crippen molar-refractivity contribution in [2.24, 2.45) is 5.92 Å². The molecule has 5 heteroatoms. The third-order valence-corrected chi connectivity index (χ3v) is 4.43. The monoisotopic (exact) mass is 301 g/mol. The molecule has 3 rings (SSSR count).